The van der Waals surface area contributed by atoms with E-state index in [0.717, 1.165) is 0 Å². The molecule has 0 aromatic heterocycles. The Hall–Kier alpha value is -2.36. The quantitative estimate of drug-likeness (QED) is 0.532. The monoisotopic (exact) mass is 415 g/mol. The molecule has 0 bridgehead atoms. The van der Waals surface area contributed by atoms with Gasteiger partial charge in [0.25, 0.3) is 0 Å². The highest BCUT2D eigenvalue weighted by molar-refractivity contribution is 5.91. The van der Waals surface area contributed by atoms with Crippen molar-refractivity contribution < 1.29 is 33.8 Å². The summed E-state index contributed by atoms with van der Waals surface area (Å²) in [5.41, 5.74) is -1.42. The molecule has 1 aliphatic heterocycles. The maximum Gasteiger partial charge on any atom is 0.408 e. The van der Waals surface area contributed by atoms with Crippen LogP contribution >= 0.6 is 0 Å². The molecule has 0 saturated carbocycles. The zero-order valence-corrected chi connectivity index (χ0v) is 18.0. The third-order valence-corrected chi connectivity index (χ3v) is 3.86. The summed E-state index contributed by atoms with van der Waals surface area (Å²) in [5, 5.41) is 14.0. The number of aliphatic hydroxyl groups is 1. The van der Waals surface area contributed by atoms with Crippen LogP contribution in [0.1, 0.15) is 54.4 Å². The average molecular weight is 415 g/mol. The van der Waals surface area contributed by atoms with Gasteiger partial charge in [0.1, 0.15) is 23.3 Å². The second kappa shape index (κ2) is 9.91. The summed E-state index contributed by atoms with van der Waals surface area (Å²) in [5.74, 6) is -1.66. The van der Waals surface area contributed by atoms with E-state index in [1.165, 1.54) is 4.90 Å². The molecular weight excluding hydrogens is 382 g/mol. The predicted molar refractivity (Wildman–Crippen MR) is 104 cm³/mol. The van der Waals surface area contributed by atoms with E-state index in [4.69, 9.17) is 9.47 Å². The molecule has 0 unspecified atom stereocenters. The van der Waals surface area contributed by atoms with Gasteiger partial charge in [0.2, 0.25) is 11.8 Å². The molecule has 10 nitrogen and oxygen atoms in total. The van der Waals surface area contributed by atoms with Gasteiger partial charge in [-0.3, -0.25) is 9.59 Å². The molecule has 3 amide bonds. The van der Waals surface area contributed by atoms with Crippen LogP contribution in [0.4, 0.5) is 4.79 Å². The van der Waals surface area contributed by atoms with Gasteiger partial charge in [-0.25, -0.2) is 9.59 Å². The first-order valence-corrected chi connectivity index (χ1v) is 9.64. The molecule has 0 aliphatic carbocycles. The molecule has 1 heterocycles. The Labute approximate surface area is 171 Å². The van der Waals surface area contributed by atoms with Crippen molar-refractivity contribution in [3.63, 3.8) is 0 Å². The lowest BCUT2D eigenvalue weighted by Gasteiger charge is -2.27. The lowest BCUT2D eigenvalue weighted by Crippen LogP contribution is -2.53. The Morgan fingerprint density at radius 1 is 1.07 bits per heavy atom. The molecule has 0 radical (unpaired) electrons. The number of likely N-dealkylation sites (tertiary alicyclic amines) is 1. The van der Waals surface area contributed by atoms with Crippen molar-refractivity contribution in [3.8, 4) is 0 Å². The molecule has 3 N–H and O–H groups in total. The van der Waals surface area contributed by atoms with Crippen LogP contribution in [0.25, 0.3) is 0 Å². The van der Waals surface area contributed by atoms with Crippen molar-refractivity contribution in [1.82, 2.24) is 15.5 Å². The molecule has 0 aromatic carbocycles. The summed E-state index contributed by atoms with van der Waals surface area (Å²) in [7, 11) is 0. The third kappa shape index (κ3) is 8.68. The molecule has 1 fully saturated rings. The number of ether oxygens (including phenoxy) is 2. The van der Waals surface area contributed by atoms with Crippen LogP contribution in [0.5, 0.6) is 0 Å². The molecule has 1 rings (SSSR count). The average Bonchev–Trinajstić information content (AvgIpc) is 3.04. The fourth-order valence-electron chi connectivity index (χ4n) is 2.71. The Morgan fingerprint density at radius 3 is 2.17 bits per heavy atom. The largest absolute Gasteiger partial charge is 0.458 e. The Balaban J connectivity index is 2.59. The fraction of sp³-hybridized carbons (Fsp3) is 0.789. The van der Waals surface area contributed by atoms with E-state index in [-0.39, 0.29) is 6.54 Å². The molecule has 0 spiro atoms. The molecule has 0 aromatic rings. The van der Waals surface area contributed by atoms with E-state index < -0.39 is 53.8 Å². The van der Waals surface area contributed by atoms with E-state index in [0.29, 0.717) is 19.4 Å². The number of rotatable bonds is 6. The summed E-state index contributed by atoms with van der Waals surface area (Å²) in [6.07, 6.45) is 0.291. The van der Waals surface area contributed by atoms with Gasteiger partial charge in [-0.15, -0.1) is 0 Å². The number of aliphatic hydroxyl groups excluding tert-OH is 1. The van der Waals surface area contributed by atoms with Crippen LogP contribution in [0.15, 0.2) is 0 Å². The number of hydrogen-bond acceptors (Lipinski definition) is 7. The van der Waals surface area contributed by atoms with Crippen LogP contribution < -0.4 is 10.6 Å². The maximum absolute atomic E-state index is 12.5. The van der Waals surface area contributed by atoms with Crippen LogP contribution in [0.2, 0.25) is 0 Å². The van der Waals surface area contributed by atoms with Crippen LogP contribution in [0, 0.1) is 0 Å². The minimum atomic E-state index is -1.27. The van der Waals surface area contributed by atoms with Gasteiger partial charge in [0, 0.05) is 6.54 Å². The second-order valence-electron chi connectivity index (χ2n) is 8.88. The van der Waals surface area contributed by atoms with Crippen LogP contribution in [0.3, 0.4) is 0 Å². The van der Waals surface area contributed by atoms with E-state index in [1.807, 2.05) is 0 Å². The molecular formula is C19H33N3O7. The summed E-state index contributed by atoms with van der Waals surface area (Å²) in [6.45, 7) is 9.59. The molecule has 10 heteroatoms. The zero-order valence-electron chi connectivity index (χ0n) is 18.0. The van der Waals surface area contributed by atoms with Gasteiger partial charge in [0.15, 0.2) is 0 Å². The fourth-order valence-corrected chi connectivity index (χ4v) is 2.71. The first kappa shape index (κ1) is 24.7. The predicted octanol–water partition coefficient (Wildman–Crippen LogP) is 0.321. The number of carbonyl (C=O) groups excluding carboxylic acids is 4. The third-order valence-electron chi connectivity index (χ3n) is 3.86. The molecule has 1 aliphatic rings. The lowest BCUT2D eigenvalue weighted by molar-refractivity contribution is -0.163. The van der Waals surface area contributed by atoms with Crippen molar-refractivity contribution in [3.05, 3.63) is 0 Å². The van der Waals surface area contributed by atoms with Gasteiger partial charge in [-0.2, -0.15) is 0 Å². The molecule has 2 atom stereocenters. The van der Waals surface area contributed by atoms with Crippen molar-refractivity contribution in [2.75, 3.05) is 19.7 Å². The SMILES string of the molecule is CC(C)(C)OC(=O)N[C@@H](CO)C(=O)NCC(=O)N1CCC[C@H]1C(=O)OC(C)(C)C. The number of esters is 1. The standard InChI is InChI=1S/C19H33N3O7/c1-18(2,3)28-16(26)13-8-7-9-22(13)14(24)10-20-15(25)12(11-23)21-17(27)29-19(4,5)6/h12-13,23H,7-11H2,1-6H3,(H,20,25)(H,21,27)/t12-,13-/m0/s1. The van der Waals surface area contributed by atoms with E-state index >= 15 is 0 Å². The molecule has 29 heavy (non-hydrogen) atoms. The highest BCUT2D eigenvalue weighted by Crippen LogP contribution is 2.21. The van der Waals surface area contributed by atoms with E-state index in [2.05, 4.69) is 10.6 Å². The van der Waals surface area contributed by atoms with Gasteiger partial charge >= 0.3 is 12.1 Å². The van der Waals surface area contributed by atoms with Crippen LogP contribution in [-0.2, 0) is 23.9 Å². The maximum atomic E-state index is 12.5. The Kier molecular flexibility index (Phi) is 8.43. The number of alkyl carbamates (subject to hydrolysis) is 1. The first-order valence-electron chi connectivity index (χ1n) is 9.64. The number of hydrogen-bond donors (Lipinski definition) is 3. The number of carbonyl (C=O) groups is 4. The van der Waals surface area contributed by atoms with Crippen LogP contribution in [-0.4, -0.2) is 76.9 Å². The number of amides is 3. The smallest absolute Gasteiger partial charge is 0.408 e. The minimum absolute atomic E-state index is 0.370. The van der Waals surface area contributed by atoms with Gasteiger partial charge in [-0.1, -0.05) is 0 Å². The first-order chi connectivity index (χ1) is 13.2. The summed E-state index contributed by atoms with van der Waals surface area (Å²) < 4.78 is 10.4. The van der Waals surface area contributed by atoms with E-state index in [1.54, 1.807) is 41.5 Å². The van der Waals surface area contributed by atoms with Gasteiger partial charge < -0.3 is 30.1 Å². The van der Waals surface area contributed by atoms with Crippen molar-refractivity contribution in [1.29, 1.82) is 0 Å². The van der Waals surface area contributed by atoms with Crippen molar-refractivity contribution >= 4 is 23.9 Å². The summed E-state index contributed by atoms with van der Waals surface area (Å²) >= 11 is 0. The van der Waals surface area contributed by atoms with Crippen molar-refractivity contribution in [2.24, 2.45) is 0 Å². The number of nitrogens with one attached hydrogen (secondary N) is 2. The van der Waals surface area contributed by atoms with Crippen molar-refractivity contribution in [2.45, 2.75) is 77.7 Å². The summed E-state index contributed by atoms with van der Waals surface area (Å²) in [6, 6.07) is -1.95. The molecule has 1 saturated heterocycles. The topological polar surface area (TPSA) is 134 Å². The minimum Gasteiger partial charge on any atom is -0.458 e. The number of nitrogens with zero attached hydrogens (tertiary/aromatic N) is 1. The highest BCUT2D eigenvalue weighted by atomic mass is 16.6. The Morgan fingerprint density at radius 2 is 1.66 bits per heavy atom. The zero-order chi connectivity index (χ0) is 22.4. The second-order valence-corrected chi connectivity index (χ2v) is 8.88. The molecule has 166 valence electrons. The highest BCUT2D eigenvalue weighted by Gasteiger charge is 2.37. The van der Waals surface area contributed by atoms with E-state index in [9.17, 15) is 24.3 Å². The van der Waals surface area contributed by atoms with Gasteiger partial charge in [0.05, 0.1) is 13.2 Å². The normalized spacial score (nSPS) is 18.0. The van der Waals surface area contributed by atoms with Gasteiger partial charge in [-0.05, 0) is 54.4 Å². The Bertz CT molecular complexity index is 622. The summed E-state index contributed by atoms with van der Waals surface area (Å²) in [4.78, 5) is 50.1. The lowest BCUT2D eigenvalue weighted by atomic mass is 10.1.